The number of pyridine rings is 1. The van der Waals surface area contributed by atoms with Crippen LogP contribution in [0.5, 0.6) is 0 Å². The summed E-state index contributed by atoms with van der Waals surface area (Å²) >= 11 is 0. The number of aliphatic hydroxyl groups is 1. The van der Waals surface area contributed by atoms with Crippen LogP contribution in [0, 0.1) is 6.92 Å². The molecule has 1 aromatic heterocycles. The molecule has 1 aliphatic rings. The summed E-state index contributed by atoms with van der Waals surface area (Å²) in [6, 6.07) is 8.18. The fourth-order valence-electron chi connectivity index (χ4n) is 2.94. The highest BCUT2D eigenvalue weighted by Crippen LogP contribution is 2.32. The summed E-state index contributed by atoms with van der Waals surface area (Å²) in [4.78, 5) is 6.85. The highest BCUT2D eigenvalue weighted by Gasteiger charge is 2.25. The highest BCUT2D eigenvalue weighted by atomic mass is 16.3. The molecule has 0 aliphatic carbocycles. The van der Waals surface area contributed by atoms with E-state index in [2.05, 4.69) is 16.0 Å². The van der Waals surface area contributed by atoms with Gasteiger partial charge in [-0.05, 0) is 44.0 Å². The summed E-state index contributed by atoms with van der Waals surface area (Å²) in [5.41, 5.74) is 9.65. The molecule has 0 saturated carbocycles. The number of anilines is 2. The summed E-state index contributed by atoms with van der Waals surface area (Å²) in [7, 11) is 0. The lowest BCUT2D eigenvalue weighted by Crippen LogP contribution is -2.32. The van der Waals surface area contributed by atoms with Crippen molar-refractivity contribution in [2.45, 2.75) is 25.8 Å². The maximum absolute atomic E-state index is 9.51. The molecule has 19 heavy (non-hydrogen) atoms. The second-order valence-corrected chi connectivity index (χ2v) is 5.23. The Bertz CT molecular complexity index is 606. The zero-order chi connectivity index (χ0) is 13.4. The highest BCUT2D eigenvalue weighted by molar-refractivity contribution is 5.93. The largest absolute Gasteiger partial charge is 0.399 e. The van der Waals surface area contributed by atoms with Crippen LogP contribution in [0.3, 0.4) is 0 Å². The Morgan fingerprint density at radius 1 is 1.42 bits per heavy atom. The molecule has 1 fully saturated rings. The molecule has 1 atom stereocenters. The van der Waals surface area contributed by atoms with Gasteiger partial charge >= 0.3 is 0 Å². The molecule has 1 aromatic carbocycles. The van der Waals surface area contributed by atoms with E-state index >= 15 is 0 Å². The van der Waals surface area contributed by atoms with Gasteiger partial charge in [0, 0.05) is 29.0 Å². The number of nitrogen functional groups attached to an aromatic ring is 1. The lowest BCUT2D eigenvalue weighted by molar-refractivity contribution is 0.266. The van der Waals surface area contributed by atoms with E-state index in [0.717, 1.165) is 41.7 Å². The van der Waals surface area contributed by atoms with Crippen molar-refractivity contribution in [3.05, 3.63) is 30.0 Å². The van der Waals surface area contributed by atoms with Crippen LogP contribution >= 0.6 is 0 Å². The van der Waals surface area contributed by atoms with Gasteiger partial charge < -0.3 is 15.7 Å². The smallest absolute Gasteiger partial charge is 0.0746 e. The molecule has 100 valence electrons. The van der Waals surface area contributed by atoms with E-state index in [1.807, 2.05) is 25.1 Å². The maximum Gasteiger partial charge on any atom is 0.0746 e. The standard InChI is InChI=1S/C15H19N3O/c1-10-7-15(18-6-2-3-12(18)9-19)13-5-4-11(16)8-14(13)17-10/h4-5,7-8,12,19H,2-3,6,9,16H2,1H3/t12-/m0/s1. The molecule has 3 rings (SSSR count). The SMILES string of the molecule is Cc1cc(N2CCC[C@H]2CO)c2ccc(N)cc2n1. The van der Waals surface area contributed by atoms with Gasteiger partial charge in [0.1, 0.15) is 0 Å². The van der Waals surface area contributed by atoms with Crippen molar-refractivity contribution in [2.75, 3.05) is 23.8 Å². The number of aromatic nitrogens is 1. The first-order valence-electron chi connectivity index (χ1n) is 6.73. The minimum Gasteiger partial charge on any atom is -0.399 e. The second-order valence-electron chi connectivity index (χ2n) is 5.23. The fraction of sp³-hybridized carbons (Fsp3) is 0.400. The molecular weight excluding hydrogens is 238 g/mol. The van der Waals surface area contributed by atoms with Gasteiger partial charge in [0.25, 0.3) is 0 Å². The first kappa shape index (κ1) is 12.2. The van der Waals surface area contributed by atoms with E-state index in [9.17, 15) is 5.11 Å². The van der Waals surface area contributed by atoms with Crippen molar-refractivity contribution in [3.8, 4) is 0 Å². The molecular formula is C15H19N3O. The van der Waals surface area contributed by atoms with Crippen LogP contribution < -0.4 is 10.6 Å². The Kier molecular flexibility index (Phi) is 3.03. The zero-order valence-corrected chi connectivity index (χ0v) is 11.1. The summed E-state index contributed by atoms with van der Waals surface area (Å²) in [5.74, 6) is 0. The predicted octanol–water partition coefficient (Wildman–Crippen LogP) is 2.09. The first-order chi connectivity index (χ1) is 9.19. The van der Waals surface area contributed by atoms with Crippen molar-refractivity contribution >= 4 is 22.3 Å². The molecule has 4 heteroatoms. The topological polar surface area (TPSA) is 62.4 Å². The first-order valence-corrected chi connectivity index (χ1v) is 6.73. The van der Waals surface area contributed by atoms with Gasteiger partial charge in [-0.3, -0.25) is 4.98 Å². The summed E-state index contributed by atoms with van der Waals surface area (Å²) in [5, 5.41) is 10.6. The molecule has 1 aliphatic heterocycles. The number of fused-ring (bicyclic) bond motifs is 1. The average molecular weight is 257 g/mol. The van der Waals surface area contributed by atoms with Crippen LogP contribution in [-0.2, 0) is 0 Å². The van der Waals surface area contributed by atoms with Gasteiger partial charge in [-0.1, -0.05) is 0 Å². The molecule has 3 N–H and O–H groups in total. The number of benzene rings is 1. The summed E-state index contributed by atoms with van der Waals surface area (Å²) in [6.07, 6.45) is 2.18. The number of hydrogen-bond acceptors (Lipinski definition) is 4. The van der Waals surface area contributed by atoms with Gasteiger partial charge in [0.15, 0.2) is 0 Å². The zero-order valence-electron chi connectivity index (χ0n) is 11.1. The van der Waals surface area contributed by atoms with E-state index in [1.54, 1.807) is 0 Å². The Morgan fingerprint density at radius 2 is 2.26 bits per heavy atom. The third kappa shape index (κ3) is 2.12. The van der Waals surface area contributed by atoms with Crippen molar-refractivity contribution in [3.63, 3.8) is 0 Å². The Morgan fingerprint density at radius 3 is 3.05 bits per heavy atom. The predicted molar refractivity (Wildman–Crippen MR) is 78.3 cm³/mol. The normalized spacial score (nSPS) is 19.3. The number of aryl methyl sites for hydroxylation is 1. The fourth-order valence-corrected chi connectivity index (χ4v) is 2.94. The van der Waals surface area contributed by atoms with E-state index in [-0.39, 0.29) is 12.6 Å². The van der Waals surface area contributed by atoms with Crippen molar-refractivity contribution < 1.29 is 5.11 Å². The van der Waals surface area contributed by atoms with Crippen LogP contribution in [0.2, 0.25) is 0 Å². The maximum atomic E-state index is 9.51. The number of hydrogen-bond donors (Lipinski definition) is 2. The molecule has 2 heterocycles. The van der Waals surface area contributed by atoms with Gasteiger partial charge in [0.05, 0.1) is 18.2 Å². The van der Waals surface area contributed by atoms with Gasteiger partial charge in [-0.25, -0.2) is 0 Å². The summed E-state index contributed by atoms with van der Waals surface area (Å²) in [6.45, 7) is 3.20. The third-order valence-electron chi connectivity index (χ3n) is 3.84. The molecule has 0 radical (unpaired) electrons. The van der Waals surface area contributed by atoms with Gasteiger partial charge in [0.2, 0.25) is 0 Å². The second kappa shape index (κ2) is 4.70. The Balaban J connectivity index is 2.17. The lowest BCUT2D eigenvalue weighted by atomic mass is 10.1. The van der Waals surface area contributed by atoms with Gasteiger partial charge in [-0.15, -0.1) is 0 Å². The summed E-state index contributed by atoms with van der Waals surface area (Å²) < 4.78 is 0. The van der Waals surface area contributed by atoms with Gasteiger partial charge in [-0.2, -0.15) is 0 Å². The molecule has 1 saturated heterocycles. The monoisotopic (exact) mass is 257 g/mol. The lowest BCUT2D eigenvalue weighted by Gasteiger charge is -2.27. The quantitative estimate of drug-likeness (QED) is 0.809. The van der Waals surface area contributed by atoms with E-state index < -0.39 is 0 Å². The van der Waals surface area contributed by atoms with Crippen LogP contribution in [0.25, 0.3) is 10.9 Å². The van der Waals surface area contributed by atoms with Crippen LogP contribution in [0.4, 0.5) is 11.4 Å². The van der Waals surface area contributed by atoms with E-state index in [1.165, 1.54) is 5.69 Å². The molecule has 0 bridgehead atoms. The Labute approximate surface area is 112 Å². The average Bonchev–Trinajstić information content (AvgIpc) is 2.85. The minimum atomic E-state index is 0.206. The Hall–Kier alpha value is -1.81. The van der Waals surface area contributed by atoms with Crippen molar-refractivity contribution in [2.24, 2.45) is 0 Å². The van der Waals surface area contributed by atoms with Crippen LogP contribution in [0.15, 0.2) is 24.3 Å². The van der Waals surface area contributed by atoms with Crippen molar-refractivity contribution in [1.29, 1.82) is 0 Å². The van der Waals surface area contributed by atoms with Crippen LogP contribution in [-0.4, -0.2) is 29.3 Å². The molecule has 4 nitrogen and oxygen atoms in total. The molecule has 0 unspecified atom stereocenters. The van der Waals surface area contributed by atoms with Crippen molar-refractivity contribution in [1.82, 2.24) is 4.98 Å². The number of aliphatic hydroxyl groups excluding tert-OH is 1. The molecule has 2 aromatic rings. The molecule has 0 spiro atoms. The van der Waals surface area contributed by atoms with Crippen LogP contribution in [0.1, 0.15) is 18.5 Å². The number of nitrogens with two attached hydrogens (primary N) is 1. The van der Waals surface area contributed by atoms with E-state index in [0.29, 0.717) is 0 Å². The molecule has 0 amide bonds. The van der Waals surface area contributed by atoms with E-state index in [4.69, 9.17) is 5.73 Å². The third-order valence-corrected chi connectivity index (χ3v) is 3.84. The number of rotatable bonds is 2. The minimum absolute atomic E-state index is 0.206. The number of nitrogens with zero attached hydrogens (tertiary/aromatic N) is 2.